The molecule has 1 saturated heterocycles. The third-order valence-corrected chi connectivity index (χ3v) is 5.68. The van der Waals surface area contributed by atoms with Gasteiger partial charge < -0.3 is 14.5 Å². The molecule has 2 aromatic carbocycles. The van der Waals surface area contributed by atoms with Crippen molar-refractivity contribution in [2.45, 2.75) is 19.0 Å². The van der Waals surface area contributed by atoms with Crippen LogP contribution in [0, 0.1) is 6.57 Å². The van der Waals surface area contributed by atoms with Crippen molar-refractivity contribution in [3.8, 4) is 0 Å². The predicted molar refractivity (Wildman–Crippen MR) is 117 cm³/mol. The first-order valence-corrected chi connectivity index (χ1v) is 10.3. The minimum Gasteiger partial charge on any atom is -0.450 e. The summed E-state index contributed by atoms with van der Waals surface area (Å²) >= 11 is 18.7. The number of hydrogen-bond acceptors (Lipinski definition) is 3. The molecule has 0 aromatic heterocycles. The van der Waals surface area contributed by atoms with Crippen LogP contribution in [0.15, 0.2) is 42.5 Å². The first-order chi connectivity index (χ1) is 14.0. The number of hydrogen-bond donors (Lipinski definition) is 0. The summed E-state index contributed by atoms with van der Waals surface area (Å²) in [4.78, 5) is 19.9. The fraction of sp³-hybridized carbons (Fsp3) is 0.333. The Labute approximate surface area is 185 Å². The number of anilines is 1. The number of ether oxygens (including phenoxy) is 1. The highest BCUT2D eigenvalue weighted by molar-refractivity contribution is 6.36. The van der Waals surface area contributed by atoms with Crippen LogP contribution in [0.5, 0.6) is 0 Å². The van der Waals surface area contributed by atoms with Crippen LogP contribution in [0.1, 0.15) is 18.5 Å². The van der Waals surface area contributed by atoms with Crippen LogP contribution < -0.4 is 4.90 Å². The lowest BCUT2D eigenvalue weighted by atomic mass is 9.93. The van der Waals surface area contributed by atoms with E-state index < -0.39 is 12.1 Å². The van der Waals surface area contributed by atoms with E-state index in [0.29, 0.717) is 28.2 Å². The average Bonchev–Trinajstić information content (AvgIpc) is 2.69. The lowest BCUT2D eigenvalue weighted by Crippen LogP contribution is -2.58. The molecule has 152 valence electrons. The molecule has 0 bridgehead atoms. The summed E-state index contributed by atoms with van der Waals surface area (Å²) in [6, 6.07) is 12.1. The summed E-state index contributed by atoms with van der Waals surface area (Å²) in [7, 11) is 0. The number of piperazine rings is 1. The van der Waals surface area contributed by atoms with Gasteiger partial charge in [0, 0.05) is 23.1 Å². The van der Waals surface area contributed by atoms with Crippen molar-refractivity contribution >= 4 is 46.6 Å². The summed E-state index contributed by atoms with van der Waals surface area (Å²) < 4.78 is 5.24. The van der Waals surface area contributed by atoms with Crippen LogP contribution in [-0.4, -0.2) is 43.3 Å². The first-order valence-electron chi connectivity index (χ1n) is 9.20. The van der Waals surface area contributed by atoms with Crippen LogP contribution in [0.2, 0.25) is 15.1 Å². The zero-order valence-corrected chi connectivity index (χ0v) is 18.1. The molecule has 3 rings (SSSR count). The van der Waals surface area contributed by atoms with E-state index in [1.165, 1.54) is 0 Å². The standard InChI is InChI=1S/C21H20Cl3N3O2/c1-3-29-21(28)27-11-10-26(18-9-8-16(23)12-17(18)24)20(19(27)13-25-2)14-4-6-15(22)7-5-14/h4-9,12,19-20H,3,10-11,13H2,1H3/t19-,20+/m1/s1. The Kier molecular flexibility index (Phi) is 7.13. The molecule has 0 radical (unpaired) electrons. The largest absolute Gasteiger partial charge is 0.450 e. The lowest BCUT2D eigenvalue weighted by molar-refractivity contribution is 0.0781. The number of benzene rings is 2. The third-order valence-electron chi connectivity index (χ3n) is 4.89. The highest BCUT2D eigenvalue weighted by atomic mass is 35.5. The molecule has 2 atom stereocenters. The molecule has 8 heteroatoms. The Morgan fingerprint density at radius 1 is 1.14 bits per heavy atom. The van der Waals surface area contributed by atoms with E-state index in [0.717, 1.165) is 11.3 Å². The van der Waals surface area contributed by atoms with Crippen LogP contribution >= 0.6 is 34.8 Å². The second-order valence-electron chi connectivity index (χ2n) is 6.59. The van der Waals surface area contributed by atoms with Gasteiger partial charge in [-0.15, -0.1) is 0 Å². The summed E-state index contributed by atoms with van der Waals surface area (Å²) in [5.41, 5.74) is 1.73. The van der Waals surface area contributed by atoms with Crippen LogP contribution in [-0.2, 0) is 4.74 Å². The zero-order chi connectivity index (χ0) is 21.0. The molecule has 0 spiro atoms. The van der Waals surface area contributed by atoms with Crippen molar-refractivity contribution in [2.75, 3.05) is 31.1 Å². The van der Waals surface area contributed by atoms with Crippen molar-refractivity contribution in [3.05, 3.63) is 74.5 Å². The average molecular weight is 453 g/mol. The van der Waals surface area contributed by atoms with Gasteiger partial charge in [0.1, 0.15) is 6.04 Å². The molecule has 1 amide bonds. The minimum absolute atomic E-state index is 0.133. The predicted octanol–water partition coefficient (Wildman–Crippen LogP) is 5.95. The fourth-order valence-electron chi connectivity index (χ4n) is 3.67. The van der Waals surface area contributed by atoms with E-state index in [9.17, 15) is 4.79 Å². The minimum atomic E-state index is -0.415. The van der Waals surface area contributed by atoms with Crippen molar-refractivity contribution in [2.24, 2.45) is 0 Å². The molecule has 1 aliphatic heterocycles. The molecule has 29 heavy (non-hydrogen) atoms. The summed E-state index contributed by atoms with van der Waals surface area (Å²) in [5.74, 6) is 0. The van der Waals surface area contributed by atoms with Crippen molar-refractivity contribution in [1.82, 2.24) is 4.90 Å². The summed E-state index contributed by atoms with van der Waals surface area (Å²) in [6.07, 6.45) is -0.415. The summed E-state index contributed by atoms with van der Waals surface area (Å²) in [6.45, 7) is 10.6. The van der Waals surface area contributed by atoms with Crippen molar-refractivity contribution in [3.63, 3.8) is 0 Å². The van der Waals surface area contributed by atoms with E-state index in [4.69, 9.17) is 46.1 Å². The van der Waals surface area contributed by atoms with Gasteiger partial charge in [0.2, 0.25) is 6.54 Å². The first kappa shape index (κ1) is 21.6. The summed E-state index contributed by atoms with van der Waals surface area (Å²) in [5, 5.41) is 1.68. The van der Waals surface area contributed by atoms with Gasteiger partial charge in [-0.25, -0.2) is 11.4 Å². The van der Waals surface area contributed by atoms with Crippen LogP contribution in [0.25, 0.3) is 4.85 Å². The van der Waals surface area contributed by atoms with Crippen molar-refractivity contribution < 1.29 is 9.53 Å². The van der Waals surface area contributed by atoms with Gasteiger partial charge in [0.25, 0.3) is 0 Å². The number of halogens is 3. The van der Waals surface area contributed by atoms with Crippen LogP contribution in [0.4, 0.5) is 10.5 Å². The molecule has 5 nitrogen and oxygen atoms in total. The molecular weight excluding hydrogens is 433 g/mol. The number of carbonyl (C=O) groups excluding carboxylic acids is 1. The second-order valence-corrected chi connectivity index (χ2v) is 7.87. The highest BCUT2D eigenvalue weighted by Crippen LogP contribution is 2.40. The van der Waals surface area contributed by atoms with E-state index in [1.807, 2.05) is 18.2 Å². The third kappa shape index (κ3) is 4.72. The van der Waals surface area contributed by atoms with Gasteiger partial charge in [-0.1, -0.05) is 46.9 Å². The van der Waals surface area contributed by atoms with Crippen LogP contribution in [0.3, 0.4) is 0 Å². The molecular formula is C21H20Cl3N3O2. The van der Waals surface area contributed by atoms with Crippen molar-refractivity contribution in [1.29, 1.82) is 0 Å². The molecule has 0 N–H and O–H groups in total. The Hall–Kier alpha value is -2.13. The molecule has 1 heterocycles. The maximum atomic E-state index is 12.6. The number of carbonyl (C=O) groups is 1. The normalized spacial score (nSPS) is 19.0. The zero-order valence-electron chi connectivity index (χ0n) is 15.8. The molecule has 1 fully saturated rings. The van der Waals surface area contributed by atoms with E-state index >= 15 is 0 Å². The molecule has 0 unspecified atom stereocenters. The molecule has 0 saturated carbocycles. The Balaban J connectivity index is 2.09. The SMILES string of the molecule is [C-]#[N+]C[C@@H]1[C@H](c2ccc(Cl)cc2)N(c2ccc(Cl)cc2Cl)CCN1C(=O)OCC. The topological polar surface area (TPSA) is 37.1 Å². The Morgan fingerprint density at radius 2 is 1.83 bits per heavy atom. The number of amides is 1. The maximum Gasteiger partial charge on any atom is 0.410 e. The lowest BCUT2D eigenvalue weighted by Gasteiger charge is -2.46. The molecule has 2 aromatic rings. The van der Waals surface area contributed by atoms with Gasteiger partial charge in [0.15, 0.2) is 0 Å². The second kappa shape index (κ2) is 9.58. The Bertz CT molecular complexity index is 914. The number of rotatable bonds is 4. The monoisotopic (exact) mass is 451 g/mol. The highest BCUT2D eigenvalue weighted by Gasteiger charge is 2.43. The maximum absolute atomic E-state index is 12.6. The van der Waals surface area contributed by atoms with Gasteiger partial charge in [-0.2, -0.15) is 0 Å². The van der Waals surface area contributed by atoms with E-state index in [2.05, 4.69) is 9.74 Å². The molecule has 0 aliphatic carbocycles. The Morgan fingerprint density at radius 3 is 2.45 bits per heavy atom. The van der Waals surface area contributed by atoms with Gasteiger partial charge in [-0.3, -0.25) is 4.90 Å². The van der Waals surface area contributed by atoms with E-state index in [-0.39, 0.29) is 19.2 Å². The van der Waals surface area contributed by atoms with Gasteiger partial charge in [0.05, 0.1) is 23.4 Å². The van der Waals surface area contributed by atoms with Gasteiger partial charge in [-0.05, 0) is 42.8 Å². The van der Waals surface area contributed by atoms with E-state index in [1.54, 1.807) is 36.1 Å². The molecule has 1 aliphatic rings. The smallest absolute Gasteiger partial charge is 0.410 e. The quantitative estimate of drug-likeness (QED) is 0.538. The fourth-order valence-corrected chi connectivity index (χ4v) is 4.31. The van der Waals surface area contributed by atoms with Gasteiger partial charge >= 0.3 is 6.09 Å². The number of nitrogens with zero attached hydrogens (tertiary/aromatic N) is 3.